The van der Waals surface area contributed by atoms with Crippen LogP contribution in [-0.4, -0.2) is 0 Å². The van der Waals surface area contributed by atoms with E-state index in [0.29, 0.717) is 0 Å². The van der Waals surface area contributed by atoms with Crippen LogP contribution in [0.5, 0.6) is 0 Å². The smallest absolute Gasteiger partial charge is 0.0190 e. The standard InChI is InChI=1S/C16H26/c1-4-5-6-7-8-9-15(3)16-12-10-14(2)11-13-16/h10-13,15H,4-9H2,1-3H3. The second-order valence-electron chi connectivity index (χ2n) is 5.01. The predicted octanol–water partition coefficient (Wildman–Crippen LogP) is 5.46. The van der Waals surface area contributed by atoms with E-state index >= 15 is 0 Å². The Hall–Kier alpha value is -0.780. The van der Waals surface area contributed by atoms with E-state index in [0.717, 1.165) is 5.92 Å². The summed E-state index contributed by atoms with van der Waals surface area (Å²) in [6, 6.07) is 9.02. The third kappa shape index (κ3) is 4.83. The first-order valence-electron chi connectivity index (χ1n) is 6.80. The lowest BCUT2D eigenvalue weighted by Gasteiger charge is -2.11. The van der Waals surface area contributed by atoms with Gasteiger partial charge in [-0.3, -0.25) is 0 Å². The minimum atomic E-state index is 0.724. The molecule has 0 aliphatic heterocycles. The summed E-state index contributed by atoms with van der Waals surface area (Å²) in [6.45, 7) is 6.78. The lowest BCUT2D eigenvalue weighted by atomic mass is 9.94. The van der Waals surface area contributed by atoms with E-state index in [-0.39, 0.29) is 0 Å². The quantitative estimate of drug-likeness (QED) is 0.533. The van der Waals surface area contributed by atoms with Gasteiger partial charge in [0.2, 0.25) is 0 Å². The topological polar surface area (TPSA) is 0 Å². The molecule has 1 aromatic rings. The summed E-state index contributed by atoms with van der Waals surface area (Å²) in [5.74, 6) is 0.724. The zero-order chi connectivity index (χ0) is 11.8. The van der Waals surface area contributed by atoms with Gasteiger partial charge in [-0.1, -0.05) is 75.8 Å². The van der Waals surface area contributed by atoms with Crippen LogP contribution in [-0.2, 0) is 0 Å². The summed E-state index contributed by atoms with van der Waals surface area (Å²) in [5.41, 5.74) is 2.86. The van der Waals surface area contributed by atoms with Crippen molar-refractivity contribution < 1.29 is 0 Å². The summed E-state index contributed by atoms with van der Waals surface area (Å²) >= 11 is 0. The molecule has 0 heteroatoms. The van der Waals surface area contributed by atoms with Crippen molar-refractivity contribution in [3.63, 3.8) is 0 Å². The minimum absolute atomic E-state index is 0.724. The molecule has 0 radical (unpaired) electrons. The van der Waals surface area contributed by atoms with Crippen LogP contribution in [0.4, 0.5) is 0 Å². The van der Waals surface area contributed by atoms with Crippen LogP contribution in [0.25, 0.3) is 0 Å². The van der Waals surface area contributed by atoms with E-state index in [1.165, 1.54) is 49.7 Å². The van der Waals surface area contributed by atoms with Gasteiger partial charge in [-0.2, -0.15) is 0 Å². The van der Waals surface area contributed by atoms with Crippen molar-refractivity contribution >= 4 is 0 Å². The van der Waals surface area contributed by atoms with Gasteiger partial charge in [0.05, 0.1) is 0 Å². The van der Waals surface area contributed by atoms with E-state index in [9.17, 15) is 0 Å². The Labute approximate surface area is 101 Å². The highest BCUT2D eigenvalue weighted by atomic mass is 14.1. The molecule has 1 rings (SSSR count). The lowest BCUT2D eigenvalue weighted by Crippen LogP contribution is -1.93. The van der Waals surface area contributed by atoms with Gasteiger partial charge in [0, 0.05) is 0 Å². The van der Waals surface area contributed by atoms with E-state index < -0.39 is 0 Å². The Balaban J connectivity index is 2.24. The second-order valence-corrected chi connectivity index (χ2v) is 5.01. The molecule has 0 fully saturated rings. The first kappa shape index (κ1) is 13.3. The van der Waals surface area contributed by atoms with Gasteiger partial charge < -0.3 is 0 Å². The van der Waals surface area contributed by atoms with Gasteiger partial charge in [0.15, 0.2) is 0 Å². The zero-order valence-corrected chi connectivity index (χ0v) is 11.1. The highest BCUT2D eigenvalue weighted by Crippen LogP contribution is 2.22. The molecule has 0 nitrogen and oxygen atoms in total. The Bertz CT molecular complexity index is 271. The minimum Gasteiger partial charge on any atom is -0.0654 e. The third-order valence-corrected chi connectivity index (χ3v) is 3.39. The fourth-order valence-electron chi connectivity index (χ4n) is 2.12. The lowest BCUT2D eigenvalue weighted by molar-refractivity contribution is 0.567. The van der Waals surface area contributed by atoms with Crippen molar-refractivity contribution in [3.8, 4) is 0 Å². The average Bonchev–Trinajstić information content (AvgIpc) is 2.29. The maximum absolute atomic E-state index is 2.35. The summed E-state index contributed by atoms with van der Waals surface area (Å²) in [4.78, 5) is 0. The number of rotatable bonds is 7. The molecular weight excluding hydrogens is 192 g/mol. The molecule has 16 heavy (non-hydrogen) atoms. The summed E-state index contributed by atoms with van der Waals surface area (Å²) < 4.78 is 0. The van der Waals surface area contributed by atoms with Crippen LogP contribution < -0.4 is 0 Å². The molecule has 1 aromatic carbocycles. The fourth-order valence-corrected chi connectivity index (χ4v) is 2.12. The first-order chi connectivity index (χ1) is 7.74. The van der Waals surface area contributed by atoms with Crippen LogP contribution in [0.15, 0.2) is 24.3 Å². The van der Waals surface area contributed by atoms with Gasteiger partial charge in [0.1, 0.15) is 0 Å². The SMILES string of the molecule is CCCCCCCC(C)c1ccc(C)cc1. The van der Waals surface area contributed by atoms with Crippen molar-refractivity contribution in [3.05, 3.63) is 35.4 Å². The maximum atomic E-state index is 2.35. The van der Waals surface area contributed by atoms with Gasteiger partial charge >= 0.3 is 0 Å². The van der Waals surface area contributed by atoms with Gasteiger partial charge in [0.25, 0.3) is 0 Å². The highest BCUT2D eigenvalue weighted by molar-refractivity contribution is 5.23. The van der Waals surface area contributed by atoms with E-state index in [1.54, 1.807) is 0 Å². The molecule has 0 saturated carbocycles. The number of hydrogen-bond donors (Lipinski definition) is 0. The number of unbranched alkanes of at least 4 members (excludes halogenated alkanes) is 4. The molecule has 0 amide bonds. The predicted molar refractivity (Wildman–Crippen MR) is 73.0 cm³/mol. The second kappa shape index (κ2) is 7.49. The van der Waals surface area contributed by atoms with Crippen molar-refractivity contribution in [1.82, 2.24) is 0 Å². The molecule has 1 atom stereocenters. The molecule has 1 unspecified atom stereocenters. The van der Waals surface area contributed by atoms with Gasteiger partial charge in [-0.05, 0) is 24.8 Å². The molecule has 0 bridgehead atoms. The molecule has 0 heterocycles. The Morgan fingerprint density at radius 2 is 1.56 bits per heavy atom. The number of benzene rings is 1. The monoisotopic (exact) mass is 218 g/mol. The first-order valence-corrected chi connectivity index (χ1v) is 6.80. The van der Waals surface area contributed by atoms with E-state index in [1.807, 2.05) is 0 Å². The molecule has 0 aromatic heterocycles. The Morgan fingerprint density at radius 1 is 0.938 bits per heavy atom. The van der Waals surface area contributed by atoms with Crippen molar-refractivity contribution in [2.45, 2.75) is 65.2 Å². The zero-order valence-electron chi connectivity index (χ0n) is 11.1. The molecule has 0 aliphatic rings. The summed E-state index contributed by atoms with van der Waals surface area (Å²) in [6.07, 6.45) is 8.29. The van der Waals surface area contributed by atoms with Crippen LogP contribution in [0.2, 0.25) is 0 Å². The highest BCUT2D eigenvalue weighted by Gasteiger charge is 2.04. The van der Waals surface area contributed by atoms with Crippen molar-refractivity contribution in [2.75, 3.05) is 0 Å². The summed E-state index contributed by atoms with van der Waals surface area (Å²) in [7, 11) is 0. The molecular formula is C16H26. The van der Waals surface area contributed by atoms with Crippen LogP contribution in [0.3, 0.4) is 0 Å². The van der Waals surface area contributed by atoms with Gasteiger partial charge in [-0.25, -0.2) is 0 Å². The average molecular weight is 218 g/mol. The van der Waals surface area contributed by atoms with Gasteiger partial charge in [-0.15, -0.1) is 0 Å². The largest absolute Gasteiger partial charge is 0.0654 e. The number of hydrogen-bond acceptors (Lipinski definition) is 0. The molecule has 0 saturated heterocycles. The third-order valence-electron chi connectivity index (χ3n) is 3.39. The molecule has 0 N–H and O–H groups in total. The number of aryl methyl sites for hydroxylation is 1. The Morgan fingerprint density at radius 3 is 2.19 bits per heavy atom. The molecule has 0 spiro atoms. The van der Waals surface area contributed by atoms with Crippen LogP contribution in [0.1, 0.15) is 69.4 Å². The molecule has 0 aliphatic carbocycles. The normalized spacial score (nSPS) is 12.7. The van der Waals surface area contributed by atoms with Crippen molar-refractivity contribution in [1.29, 1.82) is 0 Å². The van der Waals surface area contributed by atoms with Crippen LogP contribution >= 0.6 is 0 Å². The van der Waals surface area contributed by atoms with E-state index in [2.05, 4.69) is 45.0 Å². The van der Waals surface area contributed by atoms with Crippen molar-refractivity contribution in [2.24, 2.45) is 0 Å². The van der Waals surface area contributed by atoms with Crippen LogP contribution in [0, 0.1) is 6.92 Å². The Kier molecular flexibility index (Phi) is 6.22. The summed E-state index contributed by atoms with van der Waals surface area (Å²) in [5, 5.41) is 0. The molecule has 90 valence electrons. The van der Waals surface area contributed by atoms with E-state index in [4.69, 9.17) is 0 Å². The maximum Gasteiger partial charge on any atom is -0.0190 e. The fraction of sp³-hybridized carbons (Fsp3) is 0.625.